The summed E-state index contributed by atoms with van der Waals surface area (Å²) in [6.45, 7) is 9.89. The van der Waals surface area contributed by atoms with Gasteiger partial charge in [0.2, 0.25) is 17.7 Å². The summed E-state index contributed by atoms with van der Waals surface area (Å²) in [6.07, 6.45) is 3.01. The average molecular weight is 626 g/mol. The molecule has 0 N–H and O–H groups in total. The Kier molecular flexibility index (Phi) is 9.24. The maximum absolute atomic E-state index is 13.6. The van der Waals surface area contributed by atoms with Gasteiger partial charge in [-0.2, -0.15) is 9.97 Å². The number of aromatic nitrogens is 2. The van der Waals surface area contributed by atoms with Crippen molar-refractivity contribution in [3.8, 4) is 11.8 Å². The number of hydrogen-bond donors (Lipinski definition) is 0. The predicted molar refractivity (Wildman–Crippen MR) is 176 cm³/mol. The molecule has 3 atom stereocenters. The lowest BCUT2D eigenvalue weighted by atomic mass is 9.81. The fourth-order valence-electron chi connectivity index (χ4n) is 7.61. The van der Waals surface area contributed by atoms with E-state index in [0.29, 0.717) is 44.0 Å². The number of carbonyl (C=O) groups is 1. The second-order valence-corrected chi connectivity index (χ2v) is 13.6. The first-order valence-corrected chi connectivity index (χ1v) is 17.0. The van der Waals surface area contributed by atoms with Crippen LogP contribution in [0.4, 0.5) is 0 Å². The summed E-state index contributed by atoms with van der Waals surface area (Å²) in [7, 11) is 1.70. The summed E-state index contributed by atoms with van der Waals surface area (Å²) >= 11 is 0. The average Bonchev–Trinajstić information content (AvgIpc) is 3.79. The summed E-state index contributed by atoms with van der Waals surface area (Å²) in [5, 5.41) is 0. The molecule has 4 heterocycles. The Labute approximate surface area is 272 Å². The number of piperazine rings is 2. The van der Waals surface area contributed by atoms with Gasteiger partial charge in [0.05, 0.1) is 31.3 Å². The summed E-state index contributed by atoms with van der Waals surface area (Å²) in [4.78, 5) is 30.7. The Morgan fingerprint density at radius 3 is 2.22 bits per heavy atom. The summed E-state index contributed by atoms with van der Waals surface area (Å²) in [6, 6.07) is 22.2. The fourth-order valence-corrected chi connectivity index (χ4v) is 7.61. The molecular formula is C37H47N5O4. The molecule has 3 aromatic rings. The number of benzene rings is 2. The lowest BCUT2D eigenvalue weighted by Gasteiger charge is -2.53. The minimum atomic E-state index is -0.0226. The largest absolute Gasteiger partial charge is 0.481 e. The van der Waals surface area contributed by atoms with Crippen molar-refractivity contribution in [2.24, 2.45) is 5.92 Å². The van der Waals surface area contributed by atoms with Crippen molar-refractivity contribution in [3.63, 3.8) is 0 Å². The van der Waals surface area contributed by atoms with Crippen molar-refractivity contribution >= 4 is 5.91 Å². The van der Waals surface area contributed by atoms with Gasteiger partial charge in [-0.3, -0.25) is 14.6 Å². The number of hydrogen-bond acceptors (Lipinski definition) is 8. The Morgan fingerprint density at radius 1 is 0.913 bits per heavy atom. The molecule has 7 rings (SSSR count). The third-order valence-corrected chi connectivity index (χ3v) is 9.97. The predicted octanol–water partition coefficient (Wildman–Crippen LogP) is 4.72. The molecule has 2 aromatic carbocycles. The first-order chi connectivity index (χ1) is 22.5. The smallest absolute Gasteiger partial charge is 0.228 e. The minimum Gasteiger partial charge on any atom is -0.481 e. The van der Waals surface area contributed by atoms with Crippen molar-refractivity contribution in [1.82, 2.24) is 24.7 Å². The third kappa shape index (κ3) is 6.64. The second kappa shape index (κ2) is 13.7. The monoisotopic (exact) mass is 625 g/mol. The van der Waals surface area contributed by atoms with Crippen molar-refractivity contribution in [2.45, 2.75) is 69.7 Å². The van der Waals surface area contributed by atoms with E-state index in [4.69, 9.17) is 24.2 Å². The van der Waals surface area contributed by atoms with Gasteiger partial charge in [0, 0.05) is 69.8 Å². The van der Waals surface area contributed by atoms with Crippen LogP contribution in [-0.2, 0) is 16.1 Å². The molecule has 9 heteroatoms. The molecule has 4 fully saturated rings. The van der Waals surface area contributed by atoms with E-state index < -0.39 is 0 Å². The molecule has 0 spiro atoms. The van der Waals surface area contributed by atoms with Crippen LogP contribution in [0.25, 0.3) is 0 Å². The third-order valence-electron chi connectivity index (χ3n) is 9.97. The van der Waals surface area contributed by atoms with Crippen LogP contribution in [0.1, 0.15) is 67.5 Å². The summed E-state index contributed by atoms with van der Waals surface area (Å²) < 4.78 is 17.9. The van der Waals surface area contributed by atoms with Gasteiger partial charge < -0.3 is 19.1 Å². The second-order valence-electron chi connectivity index (χ2n) is 13.6. The summed E-state index contributed by atoms with van der Waals surface area (Å²) in [5.41, 5.74) is 3.51. The highest BCUT2D eigenvalue weighted by Gasteiger charge is 2.44. The number of amides is 1. The molecule has 0 bridgehead atoms. The number of fused-ring (bicyclic) bond motifs is 1. The molecule has 1 aromatic heterocycles. The normalized spacial score (nSPS) is 23.9. The lowest BCUT2D eigenvalue weighted by molar-refractivity contribution is -0.141. The van der Waals surface area contributed by atoms with Crippen LogP contribution in [0.5, 0.6) is 11.8 Å². The van der Waals surface area contributed by atoms with Gasteiger partial charge in [-0.25, -0.2) is 0 Å². The quantitative estimate of drug-likeness (QED) is 0.321. The number of carbonyl (C=O) groups excluding carboxylic acids is 1. The molecular weight excluding hydrogens is 578 g/mol. The fraction of sp³-hybridized carbons (Fsp3) is 0.541. The van der Waals surface area contributed by atoms with Gasteiger partial charge in [-0.1, -0.05) is 60.7 Å². The molecule has 244 valence electrons. The number of nitrogens with zero attached hydrogens (tertiary/aromatic N) is 5. The van der Waals surface area contributed by atoms with Gasteiger partial charge in [0.1, 0.15) is 5.82 Å². The van der Waals surface area contributed by atoms with Gasteiger partial charge in [0.15, 0.2) is 0 Å². The van der Waals surface area contributed by atoms with Crippen LogP contribution in [0, 0.1) is 5.92 Å². The number of rotatable bonds is 10. The molecule has 1 aliphatic carbocycles. The van der Waals surface area contributed by atoms with Crippen LogP contribution in [0.3, 0.4) is 0 Å². The Bertz CT molecular complexity index is 1440. The van der Waals surface area contributed by atoms with Crippen LogP contribution < -0.4 is 9.47 Å². The van der Waals surface area contributed by atoms with Crippen LogP contribution in [0.15, 0.2) is 60.7 Å². The lowest BCUT2D eigenvalue weighted by Crippen LogP contribution is -2.67. The van der Waals surface area contributed by atoms with E-state index in [1.807, 2.05) is 13.8 Å². The van der Waals surface area contributed by atoms with Gasteiger partial charge in [-0.05, 0) is 44.2 Å². The highest BCUT2D eigenvalue weighted by atomic mass is 16.5. The van der Waals surface area contributed by atoms with Gasteiger partial charge >= 0.3 is 0 Å². The highest BCUT2D eigenvalue weighted by Crippen LogP contribution is 2.42. The Morgan fingerprint density at radius 2 is 1.61 bits per heavy atom. The van der Waals surface area contributed by atoms with E-state index in [-0.39, 0.29) is 35.9 Å². The first-order valence-electron chi connectivity index (χ1n) is 17.0. The van der Waals surface area contributed by atoms with Crippen molar-refractivity contribution in [3.05, 3.63) is 83.2 Å². The SMILES string of the molecule is COc1nc(C2CC2)nc(OC(C)C)c1CN1CC2CN(C(=O)C3CCOC3)CCN2C(C(c2ccccc2)c2ccccc2)C1. The molecule has 1 amide bonds. The number of methoxy groups -OCH3 is 1. The topological polar surface area (TPSA) is 80.3 Å². The molecule has 46 heavy (non-hydrogen) atoms. The van der Waals surface area contributed by atoms with E-state index >= 15 is 0 Å². The number of ether oxygens (including phenoxy) is 3. The standard InChI is InChI=1S/C37H47N5O4/c1-25(2)46-36-31(35(44-3)38-34(39-36)28-14-15-28)22-40-20-30-21-41(37(43)29-16-19-45-24-29)17-18-42(30)32(23-40)33(26-10-6-4-7-11-26)27-12-8-5-9-13-27/h4-13,25,28-30,32-33H,14-24H2,1-3H3. The van der Waals surface area contributed by atoms with Crippen LogP contribution in [-0.4, -0.2) is 102 Å². The zero-order valence-corrected chi connectivity index (χ0v) is 27.4. The van der Waals surface area contributed by atoms with Crippen molar-refractivity contribution in [1.29, 1.82) is 0 Å². The highest BCUT2D eigenvalue weighted by molar-refractivity contribution is 5.79. The Hall–Kier alpha value is -3.53. The van der Waals surface area contributed by atoms with Crippen LogP contribution >= 0.6 is 0 Å². The van der Waals surface area contributed by atoms with Gasteiger partial charge in [0.25, 0.3) is 0 Å². The minimum absolute atomic E-state index is 0.0203. The molecule has 4 aliphatic rings. The molecule has 3 unspecified atom stereocenters. The van der Waals surface area contributed by atoms with E-state index in [0.717, 1.165) is 56.8 Å². The van der Waals surface area contributed by atoms with E-state index in [1.54, 1.807) is 7.11 Å². The molecule has 3 aliphatic heterocycles. The van der Waals surface area contributed by atoms with Crippen LogP contribution in [0.2, 0.25) is 0 Å². The van der Waals surface area contributed by atoms with Crippen molar-refractivity contribution < 1.29 is 19.0 Å². The Balaban J connectivity index is 1.24. The molecule has 3 saturated heterocycles. The molecule has 1 saturated carbocycles. The van der Waals surface area contributed by atoms with E-state index in [2.05, 4.69) is 75.4 Å². The zero-order chi connectivity index (χ0) is 31.6. The van der Waals surface area contributed by atoms with Gasteiger partial charge in [-0.15, -0.1) is 0 Å². The first kappa shape index (κ1) is 31.1. The summed E-state index contributed by atoms with van der Waals surface area (Å²) in [5.74, 6) is 2.84. The molecule has 9 nitrogen and oxygen atoms in total. The van der Waals surface area contributed by atoms with E-state index in [9.17, 15) is 4.79 Å². The molecule has 0 radical (unpaired) electrons. The zero-order valence-electron chi connectivity index (χ0n) is 27.4. The maximum Gasteiger partial charge on any atom is 0.228 e. The van der Waals surface area contributed by atoms with E-state index in [1.165, 1.54) is 11.1 Å². The maximum atomic E-state index is 13.6. The van der Waals surface area contributed by atoms with Crippen molar-refractivity contribution in [2.75, 3.05) is 53.0 Å².